The maximum Gasteiger partial charge on any atom is 0.252 e. The first-order valence-corrected chi connectivity index (χ1v) is 9.90. The SMILES string of the molecule is C=CCn1c(=NC(=O)Cc2ccc(OCC)cc2)sc2cc(Br)ccc21. The molecule has 0 N–H and O–H groups in total. The van der Waals surface area contributed by atoms with Gasteiger partial charge in [-0.05, 0) is 42.8 Å². The van der Waals surface area contributed by atoms with Crippen LogP contribution in [-0.4, -0.2) is 17.1 Å². The zero-order valence-corrected chi connectivity index (χ0v) is 16.8. The lowest BCUT2D eigenvalue weighted by Crippen LogP contribution is -2.16. The molecule has 0 aliphatic rings. The highest BCUT2D eigenvalue weighted by molar-refractivity contribution is 9.10. The first kappa shape index (κ1) is 18.6. The Balaban J connectivity index is 1.89. The number of amides is 1. The Morgan fingerprint density at radius 2 is 2.08 bits per heavy atom. The molecule has 1 aromatic heterocycles. The summed E-state index contributed by atoms with van der Waals surface area (Å²) in [6, 6.07) is 13.6. The van der Waals surface area contributed by atoms with Crippen LogP contribution in [0.5, 0.6) is 5.75 Å². The average molecular weight is 431 g/mol. The van der Waals surface area contributed by atoms with Crippen LogP contribution in [0.3, 0.4) is 0 Å². The molecule has 3 aromatic rings. The summed E-state index contributed by atoms with van der Waals surface area (Å²) in [6.45, 7) is 6.98. The number of halogens is 1. The minimum Gasteiger partial charge on any atom is -0.494 e. The molecule has 0 bridgehead atoms. The van der Waals surface area contributed by atoms with Crippen LogP contribution in [0, 0.1) is 0 Å². The summed E-state index contributed by atoms with van der Waals surface area (Å²) < 4.78 is 9.52. The van der Waals surface area contributed by atoms with Crippen LogP contribution in [0.2, 0.25) is 0 Å². The molecule has 0 atom stereocenters. The molecule has 134 valence electrons. The van der Waals surface area contributed by atoms with Crippen molar-refractivity contribution in [2.75, 3.05) is 6.61 Å². The van der Waals surface area contributed by atoms with Crippen LogP contribution in [0.15, 0.2) is 64.6 Å². The van der Waals surface area contributed by atoms with Gasteiger partial charge in [0, 0.05) is 11.0 Å². The largest absolute Gasteiger partial charge is 0.494 e. The zero-order chi connectivity index (χ0) is 18.5. The number of ether oxygens (including phenoxy) is 1. The van der Waals surface area contributed by atoms with Crippen molar-refractivity contribution >= 4 is 43.4 Å². The highest BCUT2D eigenvalue weighted by Gasteiger charge is 2.08. The Hall–Kier alpha value is -2.18. The molecule has 2 aromatic carbocycles. The van der Waals surface area contributed by atoms with E-state index in [2.05, 4.69) is 27.5 Å². The summed E-state index contributed by atoms with van der Waals surface area (Å²) in [6.07, 6.45) is 2.07. The van der Waals surface area contributed by atoms with Gasteiger partial charge in [0.15, 0.2) is 4.80 Å². The number of thiazole rings is 1. The van der Waals surface area contributed by atoms with Crippen LogP contribution in [0.4, 0.5) is 0 Å². The van der Waals surface area contributed by atoms with Crippen molar-refractivity contribution in [2.24, 2.45) is 4.99 Å². The number of hydrogen-bond donors (Lipinski definition) is 0. The average Bonchev–Trinajstić information content (AvgIpc) is 2.93. The topological polar surface area (TPSA) is 43.6 Å². The van der Waals surface area contributed by atoms with Crippen molar-refractivity contribution in [1.29, 1.82) is 0 Å². The van der Waals surface area contributed by atoms with Crippen molar-refractivity contribution < 1.29 is 9.53 Å². The van der Waals surface area contributed by atoms with Gasteiger partial charge in [0.25, 0.3) is 5.91 Å². The molecule has 0 aliphatic carbocycles. The Bertz CT molecular complexity index is 1000. The molecule has 0 spiro atoms. The van der Waals surface area contributed by atoms with Crippen LogP contribution in [0.1, 0.15) is 12.5 Å². The molecule has 1 heterocycles. The standard InChI is InChI=1S/C20H19BrN2O2S/c1-3-11-23-17-10-7-15(21)13-18(17)26-20(23)22-19(24)12-14-5-8-16(9-6-14)25-4-2/h3,5-10,13H,1,4,11-12H2,2H3. The van der Waals surface area contributed by atoms with Crippen molar-refractivity contribution in [3.8, 4) is 5.75 Å². The first-order chi connectivity index (χ1) is 12.6. The third kappa shape index (κ3) is 4.31. The van der Waals surface area contributed by atoms with Gasteiger partial charge >= 0.3 is 0 Å². The molecule has 4 nitrogen and oxygen atoms in total. The van der Waals surface area contributed by atoms with E-state index in [4.69, 9.17) is 4.74 Å². The van der Waals surface area contributed by atoms with Crippen LogP contribution >= 0.6 is 27.3 Å². The summed E-state index contributed by atoms with van der Waals surface area (Å²) in [5.41, 5.74) is 1.96. The number of rotatable bonds is 6. The number of carbonyl (C=O) groups is 1. The minimum atomic E-state index is -0.169. The van der Waals surface area contributed by atoms with Gasteiger partial charge in [-0.3, -0.25) is 4.79 Å². The monoisotopic (exact) mass is 430 g/mol. The van der Waals surface area contributed by atoms with Gasteiger partial charge in [-0.25, -0.2) is 0 Å². The lowest BCUT2D eigenvalue weighted by molar-refractivity contribution is -0.117. The summed E-state index contributed by atoms with van der Waals surface area (Å²) in [7, 11) is 0. The van der Waals surface area contributed by atoms with E-state index in [1.807, 2.05) is 60.0 Å². The Kier molecular flexibility index (Phi) is 6.06. The molecule has 26 heavy (non-hydrogen) atoms. The number of carbonyl (C=O) groups excluding carboxylic acids is 1. The highest BCUT2D eigenvalue weighted by atomic mass is 79.9. The van der Waals surface area contributed by atoms with E-state index in [0.717, 1.165) is 26.0 Å². The van der Waals surface area contributed by atoms with Crippen molar-refractivity contribution in [2.45, 2.75) is 19.9 Å². The van der Waals surface area contributed by atoms with Crippen molar-refractivity contribution in [3.05, 3.63) is 70.0 Å². The van der Waals surface area contributed by atoms with E-state index < -0.39 is 0 Å². The van der Waals surface area contributed by atoms with E-state index in [9.17, 15) is 4.79 Å². The Morgan fingerprint density at radius 3 is 2.77 bits per heavy atom. The molecular formula is C20H19BrN2O2S. The van der Waals surface area contributed by atoms with Crippen LogP contribution in [-0.2, 0) is 17.8 Å². The maximum absolute atomic E-state index is 12.5. The normalized spacial score (nSPS) is 11.7. The van der Waals surface area contributed by atoms with Gasteiger partial charge in [0.05, 0.1) is 23.2 Å². The second-order valence-electron chi connectivity index (χ2n) is 5.66. The molecule has 0 fully saturated rings. The first-order valence-electron chi connectivity index (χ1n) is 8.29. The maximum atomic E-state index is 12.5. The number of fused-ring (bicyclic) bond motifs is 1. The van der Waals surface area contributed by atoms with E-state index in [1.54, 1.807) is 0 Å². The molecule has 0 unspecified atom stereocenters. The number of nitrogens with zero attached hydrogens (tertiary/aromatic N) is 2. The molecule has 1 amide bonds. The van der Waals surface area contributed by atoms with Gasteiger partial charge in [-0.15, -0.1) is 6.58 Å². The van der Waals surface area contributed by atoms with E-state index in [-0.39, 0.29) is 12.3 Å². The molecule has 3 rings (SSSR count). The molecule has 0 saturated carbocycles. The summed E-state index contributed by atoms with van der Waals surface area (Å²) >= 11 is 4.99. The second kappa shape index (κ2) is 8.47. The quantitative estimate of drug-likeness (QED) is 0.530. The lowest BCUT2D eigenvalue weighted by atomic mass is 10.1. The van der Waals surface area contributed by atoms with E-state index in [0.29, 0.717) is 18.0 Å². The number of allylic oxidation sites excluding steroid dienone is 1. The van der Waals surface area contributed by atoms with Gasteiger partial charge in [0.2, 0.25) is 0 Å². The van der Waals surface area contributed by atoms with E-state index in [1.165, 1.54) is 11.3 Å². The lowest BCUT2D eigenvalue weighted by Gasteiger charge is -2.03. The molecule has 6 heteroatoms. The van der Waals surface area contributed by atoms with Gasteiger partial charge in [0.1, 0.15) is 5.75 Å². The van der Waals surface area contributed by atoms with Crippen LogP contribution < -0.4 is 9.54 Å². The van der Waals surface area contributed by atoms with Gasteiger partial charge in [-0.1, -0.05) is 45.5 Å². The van der Waals surface area contributed by atoms with Crippen LogP contribution in [0.25, 0.3) is 10.2 Å². The summed E-state index contributed by atoms with van der Waals surface area (Å²) in [5, 5.41) is 0. The third-order valence-electron chi connectivity index (χ3n) is 3.77. The van der Waals surface area contributed by atoms with Gasteiger partial charge in [-0.2, -0.15) is 4.99 Å². The minimum absolute atomic E-state index is 0.169. The Labute approximate surface area is 164 Å². The smallest absolute Gasteiger partial charge is 0.252 e. The predicted molar refractivity (Wildman–Crippen MR) is 110 cm³/mol. The number of benzene rings is 2. The van der Waals surface area contributed by atoms with Crippen molar-refractivity contribution in [3.63, 3.8) is 0 Å². The molecule has 0 radical (unpaired) electrons. The summed E-state index contributed by atoms with van der Waals surface area (Å²) in [5.74, 6) is 0.636. The fraction of sp³-hybridized carbons (Fsp3) is 0.200. The fourth-order valence-corrected chi connectivity index (χ4v) is 4.24. The second-order valence-corrected chi connectivity index (χ2v) is 7.58. The number of aromatic nitrogens is 1. The van der Waals surface area contributed by atoms with Gasteiger partial charge < -0.3 is 9.30 Å². The number of hydrogen-bond acceptors (Lipinski definition) is 3. The fourth-order valence-electron chi connectivity index (χ4n) is 2.63. The molecule has 0 saturated heterocycles. The molecule has 0 aliphatic heterocycles. The predicted octanol–water partition coefficient (Wildman–Crippen LogP) is 4.72. The summed E-state index contributed by atoms with van der Waals surface area (Å²) in [4.78, 5) is 17.5. The highest BCUT2D eigenvalue weighted by Crippen LogP contribution is 2.22. The third-order valence-corrected chi connectivity index (χ3v) is 5.30. The van der Waals surface area contributed by atoms with Crippen molar-refractivity contribution in [1.82, 2.24) is 4.57 Å². The van der Waals surface area contributed by atoms with E-state index >= 15 is 0 Å². The molecular weight excluding hydrogens is 412 g/mol. The Morgan fingerprint density at radius 1 is 1.31 bits per heavy atom. The zero-order valence-electron chi connectivity index (χ0n) is 14.4.